The van der Waals surface area contributed by atoms with E-state index in [0.29, 0.717) is 13.0 Å². The Bertz CT molecular complexity index is 770. The van der Waals surface area contributed by atoms with Crippen LogP contribution in [-0.2, 0) is 16.4 Å². The SMILES string of the molecule is O=C(NCc1ccc(-c2ccn[nH]2)cc1)N[C@H]1CCS(=O)(=O)C1. The number of hydrogen-bond donors (Lipinski definition) is 3. The molecule has 3 N–H and O–H groups in total. The highest BCUT2D eigenvalue weighted by Gasteiger charge is 2.28. The van der Waals surface area contributed by atoms with Crippen molar-refractivity contribution in [2.75, 3.05) is 11.5 Å². The van der Waals surface area contributed by atoms with Crippen molar-refractivity contribution in [2.24, 2.45) is 0 Å². The zero-order valence-corrected chi connectivity index (χ0v) is 13.3. The summed E-state index contributed by atoms with van der Waals surface area (Å²) in [7, 11) is -2.99. The fourth-order valence-electron chi connectivity index (χ4n) is 2.55. The minimum atomic E-state index is -2.99. The zero-order chi connectivity index (χ0) is 16.3. The molecule has 1 atom stereocenters. The second kappa shape index (κ2) is 6.41. The quantitative estimate of drug-likeness (QED) is 0.778. The van der Waals surface area contributed by atoms with Crippen molar-refractivity contribution >= 4 is 15.9 Å². The van der Waals surface area contributed by atoms with Gasteiger partial charge in [-0.05, 0) is 23.6 Å². The predicted molar refractivity (Wildman–Crippen MR) is 86.5 cm³/mol. The van der Waals surface area contributed by atoms with Crippen molar-refractivity contribution in [3.8, 4) is 11.3 Å². The number of amides is 2. The Labute approximate surface area is 134 Å². The van der Waals surface area contributed by atoms with Crippen molar-refractivity contribution in [1.82, 2.24) is 20.8 Å². The number of hydrogen-bond acceptors (Lipinski definition) is 4. The fourth-order valence-corrected chi connectivity index (χ4v) is 4.22. The molecule has 7 nitrogen and oxygen atoms in total. The first-order valence-electron chi connectivity index (χ1n) is 7.35. The van der Waals surface area contributed by atoms with E-state index in [4.69, 9.17) is 0 Å². The molecule has 1 aliphatic heterocycles. The van der Waals surface area contributed by atoms with Crippen molar-refractivity contribution < 1.29 is 13.2 Å². The number of aromatic amines is 1. The molecule has 0 bridgehead atoms. The summed E-state index contributed by atoms with van der Waals surface area (Å²) in [6.07, 6.45) is 2.17. The molecule has 0 spiro atoms. The van der Waals surface area contributed by atoms with Gasteiger partial charge in [-0.3, -0.25) is 5.10 Å². The van der Waals surface area contributed by atoms with Gasteiger partial charge in [0, 0.05) is 18.8 Å². The van der Waals surface area contributed by atoms with Crippen LogP contribution in [0.5, 0.6) is 0 Å². The van der Waals surface area contributed by atoms with Crippen LogP contribution in [0.1, 0.15) is 12.0 Å². The Balaban J connectivity index is 1.49. The average Bonchev–Trinajstić information content (AvgIpc) is 3.15. The molecule has 2 amide bonds. The van der Waals surface area contributed by atoms with Gasteiger partial charge in [0.15, 0.2) is 9.84 Å². The van der Waals surface area contributed by atoms with Gasteiger partial charge < -0.3 is 10.6 Å². The maximum absolute atomic E-state index is 11.8. The van der Waals surface area contributed by atoms with E-state index in [1.165, 1.54) is 0 Å². The molecule has 23 heavy (non-hydrogen) atoms. The number of aromatic nitrogens is 2. The van der Waals surface area contributed by atoms with Crippen LogP contribution in [0.25, 0.3) is 11.3 Å². The number of H-pyrrole nitrogens is 1. The van der Waals surface area contributed by atoms with E-state index < -0.39 is 9.84 Å². The molecule has 8 heteroatoms. The van der Waals surface area contributed by atoms with E-state index in [2.05, 4.69) is 20.8 Å². The first-order valence-corrected chi connectivity index (χ1v) is 9.17. The molecule has 122 valence electrons. The lowest BCUT2D eigenvalue weighted by Crippen LogP contribution is -2.42. The van der Waals surface area contributed by atoms with Crippen LogP contribution in [0.4, 0.5) is 4.79 Å². The summed E-state index contributed by atoms with van der Waals surface area (Å²) in [6, 6.07) is 9.01. The number of carbonyl (C=O) groups is 1. The third kappa shape index (κ3) is 4.10. The van der Waals surface area contributed by atoms with Gasteiger partial charge in [-0.2, -0.15) is 5.10 Å². The number of nitrogens with zero attached hydrogens (tertiary/aromatic N) is 1. The lowest BCUT2D eigenvalue weighted by Gasteiger charge is -2.12. The van der Waals surface area contributed by atoms with E-state index in [9.17, 15) is 13.2 Å². The third-order valence-electron chi connectivity index (χ3n) is 3.79. The second-order valence-corrected chi connectivity index (χ2v) is 7.82. The Morgan fingerprint density at radius 2 is 2.04 bits per heavy atom. The van der Waals surface area contributed by atoms with Gasteiger partial charge in [0.25, 0.3) is 0 Å². The molecule has 2 heterocycles. The minimum Gasteiger partial charge on any atom is -0.334 e. The summed E-state index contributed by atoms with van der Waals surface area (Å²) >= 11 is 0. The molecular weight excluding hydrogens is 316 g/mol. The molecule has 0 radical (unpaired) electrons. The Morgan fingerprint density at radius 3 is 2.65 bits per heavy atom. The molecule has 1 fully saturated rings. The topological polar surface area (TPSA) is 104 Å². The summed E-state index contributed by atoms with van der Waals surface area (Å²) in [5, 5.41) is 12.2. The van der Waals surface area contributed by atoms with Crippen LogP contribution in [-0.4, -0.2) is 42.2 Å². The normalized spacial score (nSPS) is 19.4. The number of sulfone groups is 1. The fraction of sp³-hybridized carbons (Fsp3) is 0.333. The monoisotopic (exact) mass is 334 g/mol. The molecule has 1 saturated heterocycles. The second-order valence-electron chi connectivity index (χ2n) is 5.59. The van der Waals surface area contributed by atoms with Crippen LogP contribution in [0.15, 0.2) is 36.5 Å². The molecule has 2 aromatic rings. The molecule has 0 aliphatic carbocycles. The third-order valence-corrected chi connectivity index (χ3v) is 5.55. The maximum atomic E-state index is 11.8. The molecule has 3 rings (SSSR count). The van der Waals surface area contributed by atoms with E-state index in [-0.39, 0.29) is 23.6 Å². The summed E-state index contributed by atoms with van der Waals surface area (Å²) < 4.78 is 22.7. The van der Waals surface area contributed by atoms with Crippen molar-refractivity contribution in [3.05, 3.63) is 42.1 Å². The molecule has 0 saturated carbocycles. The first-order chi connectivity index (χ1) is 11.0. The van der Waals surface area contributed by atoms with Crippen LogP contribution in [0.2, 0.25) is 0 Å². The smallest absolute Gasteiger partial charge is 0.315 e. The maximum Gasteiger partial charge on any atom is 0.315 e. The highest BCUT2D eigenvalue weighted by Crippen LogP contribution is 2.16. The minimum absolute atomic E-state index is 0.0271. The van der Waals surface area contributed by atoms with E-state index in [1.54, 1.807) is 6.20 Å². The van der Waals surface area contributed by atoms with Crippen LogP contribution < -0.4 is 10.6 Å². The van der Waals surface area contributed by atoms with Crippen LogP contribution in [0, 0.1) is 0 Å². The predicted octanol–water partition coefficient (Wildman–Crippen LogP) is 1.06. The van der Waals surface area contributed by atoms with Gasteiger partial charge in [-0.15, -0.1) is 0 Å². The van der Waals surface area contributed by atoms with E-state index in [0.717, 1.165) is 16.8 Å². The summed E-state index contributed by atoms with van der Waals surface area (Å²) in [6.45, 7) is 0.383. The van der Waals surface area contributed by atoms with Gasteiger partial charge >= 0.3 is 6.03 Å². The van der Waals surface area contributed by atoms with Gasteiger partial charge in [-0.1, -0.05) is 24.3 Å². The number of carbonyl (C=O) groups excluding carboxylic acids is 1. The Kier molecular flexibility index (Phi) is 4.33. The first kappa shape index (κ1) is 15.5. The largest absolute Gasteiger partial charge is 0.334 e. The zero-order valence-electron chi connectivity index (χ0n) is 12.5. The molecule has 1 aromatic carbocycles. The van der Waals surface area contributed by atoms with Crippen molar-refractivity contribution in [1.29, 1.82) is 0 Å². The number of benzene rings is 1. The number of nitrogens with one attached hydrogen (secondary N) is 3. The lowest BCUT2D eigenvalue weighted by atomic mass is 10.1. The molecule has 0 unspecified atom stereocenters. The van der Waals surface area contributed by atoms with E-state index >= 15 is 0 Å². The Hall–Kier alpha value is -2.35. The van der Waals surface area contributed by atoms with Crippen molar-refractivity contribution in [2.45, 2.75) is 19.0 Å². The highest BCUT2D eigenvalue weighted by molar-refractivity contribution is 7.91. The number of rotatable bonds is 4. The molecular formula is C15H18N4O3S. The summed E-state index contributed by atoms with van der Waals surface area (Å²) in [4.78, 5) is 11.8. The van der Waals surface area contributed by atoms with Crippen LogP contribution in [0.3, 0.4) is 0 Å². The lowest BCUT2D eigenvalue weighted by molar-refractivity contribution is 0.237. The van der Waals surface area contributed by atoms with E-state index in [1.807, 2.05) is 30.3 Å². The summed E-state index contributed by atoms with van der Waals surface area (Å²) in [5.74, 6) is 0.173. The highest BCUT2D eigenvalue weighted by atomic mass is 32.2. The average molecular weight is 334 g/mol. The standard InChI is InChI=1S/C15H18N4O3S/c20-15(18-13-6-8-23(21,22)10-13)16-9-11-1-3-12(4-2-11)14-5-7-17-19-14/h1-5,7,13H,6,8-10H2,(H,17,19)(H2,16,18,20)/t13-/m0/s1. The van der Waals surface area contributed by atoms with Crippen LogP contribution >= 0.6 is 0 Å². The summed E-state index contributed by atoms with van der Waals surface area (Å²) in [5.41, 5.74) is 2.92. The number of urea groups is 1. The van der Waals surface area contributed by atoms with Crippen molar-refractivity contribution in [3.63, 3.8) is 0 Å². The van der Waals surface area contributed by atoms with Gasteiger partial charge in [-0.25, -0.2) is 13.2 Å². The van der Waals surface area contributed by atoms with Gasteiger partial charge in [0.1, 0.15) is 0 Å². The van der Waals surface area contributed by atoms with Gasteiger partial charge in [0.05, 0.1) is 17.2 Å². The molecule has 1 aliphatic rings. The molecule has 1 aromatic heterocycles. The Morgan fingerprint density at radius 1 is 1.26 bits per heavy atom. The van der Waals surface area contributed by atoms with Gasteiger partial charge in [0.2, 0.25) is 0 Å².